The number of rotatable bonds is 5. The number of carbonyl (C=O) groups excluding carboxylic acids is 2. The molecule has 1 heterocycles. The molecule has 0 saturated carbocycles. The summed E-state index contributed by atoms with van der Waals surface area (Å²) in [6.07, 6.45) is 1.79. The monoisotopic (exact) mass is 413 g/mol. The fourth-order valence-corrected chi connectivity index (χ4v) is 3.97. The standard InChI is InChI=1S/C26H27N3O2/c1-3-19-10-13-23(14-11-19)28-26(31)27-17-20-9-12-22-15-18(2)29(24(22)16-20)25(30)21-7-5-4-6-8-21/h4-14,16,18H,3,15,17H2,1-2H3,(H2,27,28,31). The van der Waals surface area contributed by atoms with Gasteiger partial charge in [-0.2, -0.15) is 0 Å². The molecule has 0 radical (unpaired) electrons. The van der Waals surface area contributed by atoms with E-state index in [-0.39, 0.29) is 18.0 Å². The molecule has 0 aromatic heterocycles. The molecule has 0 spiro atoms. The van der Waals surface area contributed by atoms with Crippen LogP contribution in [0.3, 0.4) is 0 Å². The van der Waals surface area contributed by atoms with E-state index in [1.807, 2.05) is 71.6 Å². The second-order valence-electron chi connectivity index (χ2n) is 7.92. The Morgan fingerprint density at radius 3 is 2.39 bits per heavy atom. The lowest BCUT2D eigenvalue weighted by molar-refractivity contribution is 0.0981. The normalized spacial score (nSPS) is 14.8. The van der Waals surface area contributed by atoms with Crippen molar-refractivity contribution in [3.63, 3.8) is 0 Å². The first-order valence-corrected chi connectivity index (χ1v) is 10.7. The number of nitrogens with one attached hydrogen (secondary N) is 2. The van der Waals surface area contributed by atoms with Crippen molar-refractivity contribution in [2.45, 2.75) is 39.3 Å². The van der Waals surface area contributed by atoms with E-state index < -0.39 is 0 Å². The molecule has 158 valence electrons. The van der Waals surface area contributed by atoms with Crippen molar-refractivity contribution in [2.24, 2.45) is 0 Å². The number of nitrogens with zero attached hydrogens (tertiary/aromatic N) is 1. The summed E-state index contributed by atoms with van der Waals surface area (Å²) in [5.74, 6) is 0.00484. The first-order valence-electron chi connectivity index (χ1n) is 10.7. The van der Waals surface area contributed by atoms with Gasteiger partial charge in [0, 0.05) is 29.5 Å². The molecule has 1 aliphatic rings. The van der Waals surface area contributed by atoms with Crippen LogP contribution in [0.15, 0.2) is 72.8 Å². The molecular weight excluding hydrogens is 386 g/mol. The fraction of sp³-hybridized carbons (Fsp3) is 0.231. The summed E-state index contributed by atoms with van der Waals surface area (Å²) in [6.45, 7) is 4.55. The first kappa shape index (κ1) is 20.7. The van der Waals surface area contributed by atoms with E-state index in [2.05, 4.69) is 30.5 Å². The van der Waals surface area contributed by atoms with Gasteiger partial charge >= 0.3 is 6.03 Å². The van der Waals surface area contributed by atoms with Gasteiger partial charge in [-0.1, -0.05) is 49.4 Å². The highest BCUT2D eigenvalue weighted by Crippen LogP contribution is 2.34. The Hall–Kier alpha value is -3.60. The van der Waals surface area contributed by atoms with Crippen LogP contribution in [0.1, 0.15) is 40.9 Å². The van der Waals surface area contributed by atoms with Gasteiger partial charge in [0.25, 0.3) is 5.91 Å². The Balaban J connectivity index is 1.43. The minimum Gasteiger partial charge on any atom is -0.334 e. The first-order chi connectivity index (χ1) is 15.0. The Bertz CT molecular complexity index is 1080. The highest BCUT2D eigenvalue weighted by Gasteiger charge is 2.31. The molecule has 4 rings (SSSR count). The van der Waals surface area contributed by atoms with Crippen LogP contribution >= 0.6 is 0 Å². The Labute approximate surface area is 183 Å². The van der Waals surface area contributed by atoms with Gasteiger partial charge < -0.3 is 15.5 Å². The van der Waals surface area contributed by atoms with Crippen LogP contribution in [-0.4, -0.2) is 18.0 Å². The largest absolute Gasteiger partial charge is 0.334 e. The van der Waals surface area contributed by atoms with Crippen molar-refractivity contribution in [1.29, 1.82) is 0 Å². The zero-order valence-electron chi connectivity index (χ0n) is 17.9. The minimum atomic E-state index is -0.254. The van der Waals surface area contributed by atoms with E-state index in [9.17, 15) is 9.59 Å². The molecule has 5 heteroatoms. The third-order valence-electron chi connectivity index (χ3n) is 5.68. The SMILES string of the molecule is CCc1ccc(NC(=O)NCc2ccc3c(c2)N(C(=O)c2ccccc2)C(C)C3)cc1. The predicted molar refractivity (Wildman–Crippen MR) is 125 cm³/mol. The average Bonchev–Trinajstić information content (AvgIpc) is 3.13. The van der Waals surface area contributed by atoms with Crippen molar-refractivity contribution in [2.75, 3.05) is 10.2 Å². The lowest BCUT2D eigenvalue weighted by Crippen LogP contribution is -2.35. The van der Waals surface area contributed by atoms with Gasteiger partial charge in [-0.3, -0.25) is 4.79 Å². The molecule has 0 saturated heterocycles. The number of carbonyl (C=O) groups is 2. The van der Waals surface area contributed by atoms with Crippen molar-refractivity contribution in [3.05, 3.63) is 95.1 Å². The maximum Gasteiger partial charge on any atom is 0.319 e. The molecule has 3 amide bonds. The molecule has 31 heavy (non-hydrogen) atoms. The quantitative estimate of drug-likeness (QED) is 0.607. The van der Waals surface area contributed by atoms with E-state index in [0.717, 1.165) is 35.3 Å². The molecule has 0 fully saturated rings. The van der Waals surface area contributed by atoms with Crippen LogP contribution in [0.25, 0.3) is 0 Å². The summed E-state index contributed by atoms with van der Waals surface area (Å²) >= 11 is 0. The average molecular weight is 414 g/mol. The van der Waals surface area contributed by atoms with Crippen LogP contribution < -0.4 is 15.5 Å². The highest BCUT2D eigenvalue weighted by atomic mass is 16.2. The van der Waals surface area contributed by atoms with Crippen LogP contribution in [-0.2, 0) is 19.4 Å². The summed E-state index contributed by atoms with van der Waals surface area (Å²) in [7, 11) is 0. The second kappa shape index (κ2) is 9.04. The van der Waals surface area contributed by atoms with Crippen LogP contribution in [0, 0.1) is 0 Å². The third kappa shape index (κ3) is 4.61. The van der Waals surface area contributed by atoms with E-state index in [0.29, 0.717) is 12.1 Å². The van der Waals surface area contributed by atoms with Crippen molar-refractivity contribution < 1.29 is 9.59 Å². The van der Waals surface area contributed by atoms with Crippen LogP contribution in [0.2, 0.25) is 0 Å². The number of urea groups is 1. The number of amides is 3. The molecule has 5 nitrogen and oxygen atoms in total. The van der Waals surface area contributed by atoms with Gasteiger partial charge in [0.15, 0.2) is 0 Å². The van der Waals surface area contributed by atoms with Gasteiger partial charge in [0.1, 0.15) is 0 Å². The van der Waals surface area contributed by atoms with Crippen molar-refractivity contribution in [3.8, 4) is 0 Å². The van der Waals surface area contributed by atoms with Gasteiger partial charge in [-0.15, -0.1) is 0 Å². The number of aryl methyl sites for hydroxylation is 1. The van der Waals surface area contributed by atoms with Crippen LogP contribution in [0.4, 0.5) is 16.2 Å². The molecule has 1 unspecified atom stereocenters. The Kier molecular flexibility index (Phi) is 6.03. The van der Waals surface area contributed by atoms with Crippen LogP contribution in [0.5, 0.6) is 0 Å². The number of benzene rings is 3. The number of fused-ring (bicyclic) bond motifs is 1. The molecule has 3 aromatic rings. The third-order valence-corrected chi connectivity index (χ3v) is 5.68. The smallest absolute Gasteiger partial charge is 0.319 e. The predicted octanol–water partition coefficient (Wildman–Crippen LogP) is 5.16. The van der Waals surface area contributed by atoms with Gasteiger partial charge in [-0.25, -0.2) is 4.79 Å². The summed E-state index contributed by atoms with van der Waals surface area (Å²) in [6, 6.07) is 23.1. The summed E-state index contributed by atoms with van der Waals surface area (Å²) in [5.41, 5.74) is 5.71. The summed E-state index contributed by atoms with van der Waals surface area (Å²) < 4.78 is 0. The second-order valence-corrected chi connectivity index (χ2v) is 7.92. The molecule has 1 aliphatic heterocycles. The zero-order valence-corrected chi connectivity index (χ0v) is 17.9. The fourth-order valence-electron chi connectivity index (χ4n) is 3.97. The van der Waals surface area contributed by atoms with Crippen molar-refractivity contribution >= 4 is 23.3 Å². The molecular formula is C26H27N3O2. The highest BCUT2D eigenvalue weighted by molar-refractivity contribution is 6.07. The lowest BCUT2D eigenvalue weighted by Gasteiger charge is -2.23. The Morgan fingerprint density at radius 2 is 1.68 bits per heavy atom. The van der Waals surface area contributed by atoms with E-state index >= 15 is 0 Å². The van der Waals surface area contributed by atoms with E-state index in [4.69, 9.17) is 0 Å². The maximum atomic E-state index is 13.1. The van der Waals surface area contributed by atoms with E-state index in [1.54, 1.807) is 0 Å². The molecule has 3 aromatic carbocycles. The molecule has 0 bridgehead atoms. The zero-order chi connectivity index (χ0) is 21.8. The minimum absolute atomic E-state index is 0.00484. The molecule has 1 atom stereocenters. The topological polar surface area (TPSA) is 61.4 Å². The number of hydrogen-bond acceptors (Lipinski definition) is 2. The number of anilines is 2. The van der Waals surface area contributed by atoms with Gasteiger partial charge in [0.2, 0.25) is 0 Å². The number of hydrogen-bond donors (Lipinski definition) is 2. The van der Waals surface area contributed by atoms with Gasteiger partial charge in [-0.05, 0) is 66.8 Å². The molecule has 0 aliphatic carbocycles. The Morgan fingerprint density at radius 1 is 0.968 bits per heavy atom. The summed E-state index contributed by atoms with van der Waals surface area (Å²) in [5, 5.41) is 5.76. The van der Waals surface area contributed by atoms with Crippen molar-refractivity contribution in [1.82, 2.24) is 5.32 Å². The maximum absolute atomic E-state index is 13.1. The summed E-state index contributed by atoms with van der Waals surface area (Å²) in [4.78, 5) is 27.3. The van der Waals surface area contributed by atoms with E-state index in [1.165, 1.54) is 5.56 Å². The van der Waals surface area contributed by atoms with Gasteiger partial charge in [0.05, 0.1) is 0 Å². The molecule has 2 N–H and O–H groups in total. The lowest BCUT2D eigenvalue weighted by atomic mass is 10.1.